The van der Waals surface area contributed by atoms with Gasteiger partial charge in [0.15, 0.2) is 5.65 Å². The number of aryl methyl sites for hydroxylation is 1. The molecule has 0 unspecified atom stereocenters. The summed E-state index contributed by atoms with van der Waals surface area (Å²) in [6.45, 7) is 6.86. The van der Waals surface area contributed by atoms with Crippen LogP contribution in [0.15, 0.2) is 54.7 Å². The lowest BCUT2D eigenvalue weighted by Gasteiger charge is -2.35. The number of rotatable bonds is 5. The number of hydrogen-bond donors (Lipinski definition) is 3. The summed E-state index contributed by atoms with van der Waals surface area (Å²) in [6.07, 6.45) is 1.72. The average Bonchev–Trinajstić information content (AvgIpc) is 3.30. The second kappa shape index (κ2) is 8.78. The van der Waals surface area contributed by atoms with Gasteiger partial charge in [-0.1, -0.05) is 17.7 Å². The number of amides is 1. The van der Waals surface area contributed by atoms with E-state index in [1.807, 2.05) is 41.3 Å². The Hall–Kier alpha value is -4.14. The Morgan fingerprint density at radius 3 is 2.27 bits per heavy atom. The first-order valence-electron chi connectivity index (χ1n) is 11.0. The van der Waals surface area contributed by atoms with Crippen molar-refractivity contribution in [2.24, 2.45) is 0 Å². The zero-order valence-corrected chi connectivity index (χ0v) is 18.7. The first-order chi connectivity index (χ1) is 16.0. The summed E-state index contributed by atoms with van der Waals surface area (Å²) in [5, 5.41) is 14.5. The van der Waals surface area contributed by atoms with Crippen LogP contribution in [0.25, 0.3) is 11.0 Å². The third kappa shape index (κ3) is 4.57. The van der Waals surface area contributed by atoms with Crippen molar-refractivity contribution in [1.29, 1.82) is 0 Å². The van der Waals surface area contributed by atoms with Crippen molar-refractivity contribution in [1.82, 2.24) is 25.1 Å². The molecular weight excluding hydrogens is 416 g/mol. The largest absolute Gasteiger partial charge is 0.368 e. The molecule has 1 fully saturated rings. The Morgan fingerprint density at radius 1 is 0.909 bits per heavy atom. The van der Waals surface area contributed by atoms with Crippen LogP contribution >= 0.6 is 0 Å². The van der Waals surface area contributed by atoms with Crippen molar-refractivity contribution in [2.45, 2.75) is 13.8 Å². The second-order valence-corrected chi connectivity index (χ2v) is 8.18. The molecule has 3 N–H and O–H groups in total. The summed E-state index contributed by atoms with van der Waals surface area (Å²) in [7, 11) is 0. The van der Waals surface area contributed by atoms with E-state index in [9.17, 15) is 4.79 Å². The molecule has 9 nitrogen and oxygen atoms in total. The highest BCUT2D eigenvalue weighted by molar-refractivity contribution is 5.89. The van der Waals surface area contributed by atoms with Gasteiger partial charge < -0.3 is 20.4 Å². The quantitative estimate of drug-likeness (QED) is 0.432. The standard InChI is InChI=1S/C24H26N8O/c1-16-3-5-19(6-4-16)27-24-28-22(21-15-25-30-23(21)29-24)26-18-7-9-20(10-8-18)32-13-11-31(12-14-32)17(2)33/h3-10,15H,11-14H2,1-2H3,(H3,25,26,27,28,29,30). The van der Waals surface area contributed by atoms with Gasteiger partial charge in [0.05, 0.1) is 11.6 Å². The van der Waals surface area contributed by atoms with E-state index in [1.165, 1.54) is 5.56 Å². The molecular formula is C24H26N8O. The normalized spacial score (nSPS) is 13.9. The maximum Gasteiger partial charge on any atom is 0.231 e. The number of nitrogens with one attached hydrogen (secondary N) is 3. The van der Waals surface area contributed by atoms with Gasteiger partial charge in [0.25, 0.3) is 0 Å². The number of carbonyl (C=O) groups is 1. The van der Waals surface area contributed by atoms with Crippen molar-refractivity contribution in [3.8, 4) is 0 Å². The SMILES string of the molecule is CC(=O)N1CCN(c2ccc(Nc3nc(Nc4ccc(C)cc4)nc4[nH]ncc34)cc2)CC1. The molecule has 1 aliphatic heterocycles. The molecule has 3 heterocycles. The first kappa shape index (κ1) is 20.7. The summed E-state index contributed by atoms with van der Waals surface area (Å²) >= 11 is 0. The number of piperazine rings is 1. The zero-order chi connectivity index (χ0) is 22.8. The summed E-state index contributed by atoms with van der Waals surface area (Å²) < 4.78 is 0. The van der Waals surface area contributed by atoms with Crippen LogP contribution in [0.5, 0.6) is 0 Å². The fraction of sp³-hybridized carbons (Fsp3) is 0.250. The van der Waals surface area contributed by atoms with Crippen LogP contribution in [0.3, 0.4) is 0 Å². The second-order valence-electron chi connectivity index (χ2n) is 8.18. The number of hydrogen-bond acceptors (Lipinski definition) is 7. The van der Waals surface area contributed by atoms with E-state index in [-0.39, 0.29) is 5.91 Å². The molecule has 9 heteroatoms. The number of fused-ring (bicyclic) bond motifs is 1. The monoisotopic (exact) mass is 442 g/mol. The van der Waals surface area contributed by atoms with Crippen molar-refractivity contribution in [2.75, 3.05) is 41.7 Å². The van der Waals surface area contributed by atoms with Crippen LogP contribution in [0.4, 0.5) is 28.8 Å². The van der Waals surface area contributed by atoms with E-state index in [4.69, 9.17) is 0 Å². The molecule has 1 saturated heterocycles. The minimum absolute atomic E-state index is 0.140. The lowest BCUT2D eigenvalue weighted by Crippen LogP contribution is -2.48. The highest BCUT2D eigenvalue weighted by atomic mass is 16.2. The summed E-state index contributed by atoms with van der Waals surface area (Å²) in [6, 6.07) is 16.3. The Kier molecular flexibility index (Phi) is 5.52. The number of anilines is 5. The number of aromatic amines is 1. The number of nitrogens with zero attached hydrogens (tertiary/aromatic N) is 5. The van der Waals surface area contributed by atoms with Crippen molar-refractivity contribution in [3.63, 3.8) is 0 Å². The molecule has 0 aliphatic carbocycles. The molecule has 0 bridgehead atoms. The number of aromatic nitrogens is 4. The van der Waals surface area contributed by atoms with Crippen molar-refractivity contribution >= 4 is 45.8 Å². The third-order valence-corrected chi connectivity index (χ3v) is 5.84. The molecule has 2 aromatic heterocycles. The minimum atomic E-state index is 0.140. The minimum Gasteiger partial charge on any atom is -0.368 e. The van der Waals surface area contributed by atoms with Crippen LogP contribution in [-0.2, 0) is 4.79 Å². The van der Waals surface area contributed by atoms with Crippen LogP contribution in [0, 0.1) is 6.92 Å². The van der Waals surface area contributed by atoms with Gasteiger partial charge in [0, 0.05) is 50.2 Å². The molecule has 4 aromatic rings. The van der Waals surface area contributed by atoms with Crippen LogP contribution < -0.4 is 15.5 Å². The molecule has 0 spiro atoms. The fourth-order valence-corrected chi connectivity index (χ4v) is 3.92. The summed E-state index contributed by atoms with van der Waals surface area (Å²) in [4.78, 5) is 25.0. The van der Waals surface area contributed by atoms with Crippen LogP contribution in [0.2, 0.25) is 0 Å². The molecule has 0 radical (unpaired) electrons. The Balaban J connectivity index is 1.33. The van der Waals surface area contributed by atoms with Gasteiger partial charge in [0.1, 0.15) is 5.82 Å². The molecule has 1 amide bonds. The number of benzene rings is 2. The molecule has 33 heavy (non-hydrogen) atoms. The van der Waals surface area contributed by atoms with Gasteiger partial charge in [-0.15, -0.1) is 0 Å². The maximum atomic E-state index is 11.6. The van der Waals surface area contributed by atoms with Gasteiger partial charge in [-0.05, 0) is 43.3 Å². The van der Waals surface area contributed by atoms with E-state index in [2.05, 4.69) is 54.8 Å². The average molecular weight is 443 g/mol. The van der Waals surface area contributed by atoms with Gasteiger partial charge >= 0.3 is 0 Å². The lowest BCUT2D eigenvalue weighted by atomic mass is 10.2. The Bertz CT molecular complexity index is 1260. The van der Waals surface area contributed by atoms with Gasteiger partial charge in [-0.25, -0.2) is 0 Å². The highest BCUT2D eigenvalue weighted by Gasteiger charge is 2.18. The fourth-order valence-electron chi connectivity index (χ4n) is 3.92. The van der Waals surface area contributed by atoms with E-state index < -0.39 is 0 Å². The van der Waals surface area contributed by atoms with Crippen LogP contribution in [0.1, 0.15) is 12.5 Å². The van der Waals surface area contributed by atoms with E-state index in [0.29, 0.717) is 17.4 Å². The smallest absolute Gasteiger partial charge is 0.231 e. The van der Waals surface area contributed by atoms with E-state index in [1.54, 1.807) is 13.1 Å². The van der Waals surface area contributed by atoms with Crippen molar-refractivity contribution < 1.29 is 4.79 Å². The predicted molar refractivity (Wildman–Crippen MR) is 130 cm³/mol. The summed E-state index contributed by atoms with van der Waals surface area (Å²) in [5.74, 6) is 1.30. The van der Waals surface area contributed by atoms with Crippen LogP contribution in [-0.4, -0.2) is 57.2 Å². The van der Waals surface area contributed by atoms with Crippen molar-refractivity contribution in [3.05, 3.63) is 60.3 Å². The molecule has 2 aromatic carbocycles. The molecule has 0 atom stereocenters. The highest BCUT2D eigenvalue weighted by Crippen LogP contribution is 2.27. The van der Waals surface area contributed by atoms with Gasteiger partial charge in [-0.3, -0.25) is 9.89 Å². The van der Waals surface area contributed by atoms with Gasteiger partial charge in [0.2, 0.25) is 11.9 Å². The molecule has 168 valence electrons. The zero-order valence-electron chi connectivity index (χ0n) is 18.7. The van der Waals surface area contributed by atoms with E-state index in [0.717, 1.165) is 48.6 Å². The first-order valence-corrected chi connectivity index (χ1v) is 11.0. The lowest BCUT2D eigenvalue weighted by molar-refractivity contribution is -0.129. The molecule has 0 saturated carbocycles. The number of carbonyl (C=O) groups excluding carboxylic acids is 1. The number of H-pyrrole nitrogens is 1. The predicted octanol–water partition coefficient (Wildman–Crippen LogP) is 3.82. The topological polar surface area (TPSA) is 102 Å². The Labute approximate surface area is 191 Å². The molecule has 5 rings (SSSR count). The molecule has 1 aliphatic rings. The van der Waals surface area contributed by atoms with E-state index >= 15 is 0 Å². The third-order valence-electron chi connectivity index (χ3n) is 5.84. The Morgan fingerprint density at radius 2 is 1.58 bits per heavy atom. The summed E-state index contributed by atoms with van der Waals surface area (Å²) in [5.41, 5.74) is 4.82. The van der Waals surface area contributed by atoms with Gasteiger partial charge in [-0.2, -0.15) is 15.1 Å². The maximum absolute atomic E-state index is 11.6.